The van der Waals surface area contributed by atoms with Crippen molar-refractivity contribution in [2.24, 2.45) is 0 Å². The molecule has 0 aliphatic rings. The summed E-state index contributed by atoms with van der Waals surface area (Å²) < 4.78 is 7.60. The van der Waals surface area contributed by atoms with Crippen LogP contribution in [-0.2, 0) is 28.9 Å². The van der Waals surface area contributed by atoms with Crippen molar-refractivity contribution < 1.29 is 14.6 Å². The second-order valence-corrected chi connectivity index (χ2v) is 12.9. The number of carbonyl (C=O) groups excluding carboxylic acids is 1. The Morgan fingerprint density at radius 2 is 1.27 bits per heavy atom. The van der Waals surface area contributed by atoms with E-state index in [1.54, 1.807) is 13.8 Å². The summed E-state index contributed by atoms with van der Waals surface area (Å²) in [6.45, 7) is 5.17. The number of aromatic amines is 1. The van der Waals surface area contributed by atoms with Gasteiger partial charge in [-0.25, -0.2) is 14.5 Å². The Labute approximate surface area is 296 Å². The first-order valence-corrected chi connectivity index (χ1v) is 16.9. The highest BCUT2D eigenvalue weighted by Gasteiger charge is 2.42. The normalized spacial score (nSPS) is 11.8. The number of hydrogen-bond donors (Lipinski definition) is 2. The molecule has 0 radical (unpaired) electrons. The van der Waals surface area contributed by atoms with E-state index in [0.29, 0.717) is 18.1 Å². The monoisotopic (exact) mass is 674 g/mol. The van der Waals surface area contributed by atoms with Crippen LogP contribution >= 0.6 is 0 Å². The smallest absolute Gasteiger partial charge is 0.357 e. The lowest BCUT2D eigenvalue weighted by molar-refractivity contribution is 0.0428. The van der Waals surface area contributed by atoms with Crippen molar-refractivity contribution in [1.29, 1.82) is 0 Å². The third-order valence-electron chi connectivity index (χ3n) is 9.04. The fourth-order valence-corrected chi connectivity index (χ4v) is 6.60. The van der Waals surface area contributed by atoms with Crippen molar-refractivity contribution in [3.8, 4) is 22.5 Å². The van der Waals surface area contributed by atoms with E-state index >= 15 is 0 Å². The van der Waals surface area contributed by atoms with Crippen LogP contribution in [0.5, 0.6) is 0 Å². The van der Waals surface area contributed by atoms with Crippen molar-refractivity contribution in [2.75, 3.05) is 0 Å². The molecule has 0 amide bonds. The predicted octanol–water partition coefficient (Wildman–Crippen LogP) is 7.72. The lowest BCUT2D eigenvalue weighted by Crippen LogP contribution is -2.39. The zero-order valence-corrected chi connectivity index (χ0v) is 28.7. The van der Waals surface area contributed by atoms with Crippen LogP contribution < -0.4 is 0 Å². The van der Waals surface area contributed by atoms with E-state index in [1.165, 1.54) is 0 Å². The average molecular weight is 675 g/mol. The van der Waals surface area contributed by atoms with Gasteiger partial charge in [-0.3, -0.25) is 0 Å². The van der Waals surface area contributed by atoms with Crippen molar-refractivity contribution in [1.82, 2.24) is 30.2 Å². The number of imidazole rings is 1. The third kappa shape index (κ3) is 6.35. The number of benzene rings is 5. The third-order valence-corrected chi connectivity index (χ3v) is 9.04. The number of ether oxygens (including phenoxy) is 1. The largest absolute Gasteiger partial charge is 0.456 e. The van der Waals surface area contributed by atoms with E-state index < -0.39 is 17.1 Å². The summed E-state index contributed by atoms with van der Waals surface area (Å²) >= 11 is 0. The minimum absolute atomic E-state index is 0.0541. The molecule has 0 atom stereocenters. The average Bonchev–Trinajstić information content (AvgIpc) is 3.85. The molecular weight excluding hydrogens is 637 g/mol. The van der Waals surface area contributed by atoms with Crippen molar-refractivity contribution in [3.63, 3.8) is 0 Å². The lowest BCUT2D eigenvalue weighted by atomic mass is 9.77. The summed E-state index contributed by atoms with van der Waals surface area (Å²) in [6.07, 6.45) is 0.595. The highest BCUT2D eigenvalue weighted by molar-refractivity contribution is 5.89. The van der Waals surface area contributed by atoms with Gasteiger partial charge in [0.05, 0.1) is 0 Å². The maximum Gasteiger partial charge on any atom is 0.357 e. The second kappa shape index (κ2) is 14.0. The van der Waals surface area contributed by atoms with Gasteiger partial charge < -0.3 is 14.8 Å². The molecule has 2 N–H and O–H groups in total. The number of nitrogens with one attached hydrogen (secondary N) is 1. The van der Waals surface area contributed by atoms with Crippen LogP contribution in [0, 0.1) is 0 Å². The van der Waals surface area contributed by atoms with E-state index in [0.717, 1.165) is 38.9 Å². The van der Waals surface area contributed by atoms with Crippen molar-refractivity contribution in [3.05, 3.63) is 179 Å². The summed E-state index contributed by atoms with van der Waals surface area (Å²) in [7, 11) is 0. The molecule has 5 aromatic carbocycles. The van der Waals surface area contributed by atoms with Gasteiger partial charge in [-0.2, -0.15) is 0 Å². The van der Waals surface area contributed by atoms with Crippen molar-refractivity contribution in [2.45, 2.75) is 44.9 Å². The minimum Gasteiger partial charge on any atom is -0.456 e. The van der Waals surface area contributed by atoms with E-state index in [4.69, 9.17) is 9.95 Å². The molecule has 0 bridgehead atoms. The Morgan fingerprint density at radius 1 is 0.745 bits per heavy atom. The number of H-pyrrole nitrogens is 1. The molecule has 0 aliphatic heterocycles. The molecule has 7 aromatic rings. The first kappa shape index (κ1) is 33.3. The van der Waals surface area contributed by atoms with E-state index in [-0.39, 0.29) is 18.0 Å². The Hall–Kier alpha value is -6.19. The van der Waals surface area contributed by atoms with Gasteiger partial charge >= 0.3 is 5.97 Å². The Balaban J connectivity index is 1.25. The fourth-order valence-electron chi connectivity index (χ4n) is 6.60. The van der Waals surface area contributed by atoms with E-state index in [1.807, 2.05) is 109 Å². The van der Waals surface area contributed by atoms with Gasteiger partial charge in [0, 0.05) is 12.0 Å². The van der Waals surface area contributed by atoms with Gasteiger partial charge in [-0.15, -0.1) is 5.10 Å². The number of aromatic nitrogens is 6. The fraction of sp³-hybridized carbons (Fsp3) is 0.167. The highest BCUT2D eigenvalue weighted by Crippen LogP contribution is 2.43. The van der Waals surface area contributed by atoms with E-state index in [2.05, 4.69) is 62.7 Å². The summed E-state index contributed by atoms with van der Waals surface area (Å²) in [5.41, 5.74) is 4.87. The number of aryl methyl sites for hydroxylation is 1. The maximum atomic E-state index is 13.1. The molecule has 254 valence electrons. The molecule has 0 unspecified atom stereocenters. The molecule has 0 saturated carbocycles. The minimum atomic E-state index is -1.30. The number of rotatable bonds is 11. The first-order chi connectivity index (χ1) is 24.8. The van der Waals surface area contributed by atoms with Gasteiger partial charge in [-0.05, 0) is 57.7 Å². The number of aliphatic hydroxyl groups is 1. The summed E-state index contributed by atoms with van der Waals surface area (Å²) in [6, 6.07) is 46.9. The summed E-state index contributed by atoms with van der Waals surface area (Å²) in [5.74, 6) is 0.648. The topological polar surface area (TPSA) is 119 Å². The molecule has 0 spiro atoms. The SMILES string of the molecule is CCc1nc(C(C)(C)O)c(C(=O)OCc2ccc(-c3ccccc3-c3nnnn3C(c3ccccc3)(c3ccccc3)c3ccccc3)cc2)[nH]1. The summed E-state index contributed by atoms with van der Waals surface area (Å²) in [4.78, 5) is 20.5. The molecule has 9 nitrogen and oxygen atoms in total. The standard InChI is InChI=1S/C42H38N6O3/c1-4-36-43-37(38(44-36)41(2,3)50)40(49)51-28-29-24-26-30(27-25-29)34-22-14-15-23-35(34)39-45-46-47-48(39)42(31-16-8-5-9-17-31,32-18-10-6-11-19-32)33-20-12-7-13-21-33/h5-27,50H,4,28H2,1-3H3,(H,43,44). The molecule has 0 fully saturated rings. The summed E-state index contributed by atoms with van der Waals surface area (Å²) in [5, 5.41) is 24.2. The van der Waals surface area contributed by atoms with Gasteiger partial charge in [-0.1, -0.05) is 146 Å². The zero-order valence-electron chi connectivity index (χ0n) is 28.7. The van der Waals surface area contributed by atoms with Crippen molar-refractivity contribution >= 4 is 5.97 Å². The number of carbonyl (C=O) groups is 1. The molecule has 2 aromatic heterocycles. The van der Waals surface area contributed by atoms with Crippen LogP contribution in [0.1, 0.15) is 65.0 Å². The second-order valence-electron chi connectivity index (χ2n) is 12.9. The van der Waals surface area contributed by atoms with Gasteiger partial charge in [0.15, 0.2) is 11.5 Å². The molecule has 51 heavy (non-hydrogen) atoms. The van der Waals surface area contributed by atoms with Crippen LogP contribution in [0.25, 0.3) is 22.5 Å². The van der Waals surface area contributed by atoms with Crippen LogP contribution in [0.4, 0.5) is 0 Å². The van der Waals surface area contributed by atoms with Crippen LogP contribution in [0.15, 0.2) is 140 Å². The predicted molar refractivity (Wildman–Crippen MR) is 196 cm³/mol. The Bertz CT molecular complexity index is 2140. The molecule has 9 heteroatoms. The molecule has 0 saturated heterocycles. The van der Waals surface area contributed by atoms with Gasteiger partial charge in [0.1, 0.15) is 29.3 Å². The zero-order chi connectivity index (χ0) is 35.4. The van der Waals surface area contributed by atoms with Crippen LogP contribution in [0.3, 0.4) is 0 Å². The maximum absolute atomic E-state index is 13.1. The van der Waals surface area contributed by atoms with Crippen LogP contribution in [-0.4, -0.2) is 41.3 Å². The van der Waals surface area contributed by atoms with E-state index in [9.17, 15) is 9.90 Å². The van der Waals surface area contributed by atoms with Gasteiger partial charge in [0.2, 0.25) is 0 Å². The first-order valence-electron chi connectivity index (χ1n) is 16.9. The lowest BCUT2D eigenvalue weighted by Gasteiger charge is -2.36. The number of tetrazole rings is 1. The number of nitrogens with zero attached hydrogens (tertiary/aromatic N) is 5. The van der Waals surface area contributed by atoms with Gasteiger partial charge in [0.25, 0.3) is 0 Å². The Morgan fingerprint density at radius 3 is 1.80 bits per heavy atom. The number of esters is 1. The Kier molecular flexibility index (Phi) is 9.13. The van der Waals surface area contributed by atoms with Crippen LogP contribution in [0.2, 0.25) is 0 Å². The molecule has 0 aliphatic carbocycles. The quantitative estimate of drug-likeness (QED) is 0.107. The molecule has 2 heterocycles. The molecular formula is C42H38N6O3. The number of hydrogen-bond acceptors (Lipinski definition) is 7. The molecule has 7 rings (SSSR count). The highest BCUT2D eigenvalue weighted by atomic mass is 16.5.